The summed E-state index contributed by atoms with van der Waals surface area (Å²) in [6.45, 7) is 11.1. The molecular formula is C28H44ClNO2. The van der Waals surface area contributed by atoms with Gasteiger partial charge in [0.25, 0.3) is 0 Å². The Labute approximate surface area is 203 Å². The van der Waals surface area contributed by atoms with E-state index in [1.54, 1.807) is 0 Å². The third kappa shape index (κ3) is 11.4. The number of benzene rings is 2. The zero-order chi connectivity index (χ0) is 22.4. The molecule has 0 bridgehead atoms. The van der Waals surface area contributed by atoms with Crippen LogP contribution >= 0.6 is 0 Å². The van der Waals surface area contributed by atoms with Gasteiger partial charge >= 0.3 is 0 Å². The minimum atomic E-state index is 0. The zero-order valence-corrected chi connectivity index (χ0v) is 21.4. The van der Waals surface area contributed by atoms with Gasteiger partial charge in [0.05, 0.1) is 26.3 Å². The van der Waals surface area contributed by atoms with Crippen molar-refractivity contribution in [2.45, 2.75) is 65.5 Å². The number of para-hydroxylation sites is 1. The average molecular weight is 462 g/mol. The van der Waals surface area contributed by atoms with Crippen molar-refractivity contribution in [2.24, 2.45) is 5.92 Å². The Morgan fingerprint density at radius 3 is 2.03 bits per heavy atom. The number of quaternary nitrogens is 1. The van der Waals surface area contributed by atoms with E-state index in [1.165, 1.54) is 37.7 Å². The number of hydrogen-bond donors (Lipinski definition) is 0. The van der Waals surface area contributed by atoms with Crippen LogP contribution < -0.4 is 17.1 Å². The second-order valence-electron chi connectivity index (χ2n) is 9.50. The van der Waals surface area contributed by atoms with Crippen LogP contribution in [0.25, 0.3) is 0 Å². The van der Waals surface area contributed by atoms with Crippen LogP contribution in [0.2, 0.25) is 0 Å². The van der Waals surface area contributed by atoms with Crippen LogP contribution in [0.15, 0.2) is 60.7 Å². The third-order valence-electron chi connectivity index (χ3n) is 6.34. The van der Waals surface area contributed by atoms with Crippen LogP contribution in [0.4, 0.5) is 0 Å². The van der Waals surface area contributed by atoms with Gasteiger partial charge in [0.1, 0.15) is 25.4 Å². The molecule has 0 aliphatic rings. The molecule has 180 valence electrons. The van der Waals surface area contributed by atoms with Crippen molar-refractivity contribution in [3.63, 3.8) is 0 Å². The summed E-state index contributed by atoms with van der Waals surface area (Å²) in [5.74, 6) is 1.72. The lowest BCUT2D eigenvalue weighted by molar-refractivity contribution is -0.945. The van der Waals surface area contributed by atoms with E-state index in [1.807, 2.05) is 30.3 Å². The van der Waals surface area contributed by atoms with E-state index in [2.05, 4.69) is 58.2 Å². The van der Waals surface area contributed by atoms with E-state index < -0.39 is 0 Å². The van der Waals surface area contributed by atoms with Crippen molar-refractivity contribution in [3.05, 3.63) is 66.2 Å². The summed E-state index contributed by atoms with van der Waals surface area (Å²) in [5.41, 5.74) is 1.41. The summed E-state index contributed by atoms with van der Waals surface area (Å²) in [7, 11) is 2.40. The van der Waals surface area contributed by atoms with E-state index in [0.717, 1.165) is 35.8 Å². The van der Waals surface area contributed by atoms with Crippen LogP contribution in [0.5, 0.6) is 5.75 Å². The van der Waals surface area contributed by atoms with Gasteiger partial charge in [-0.25, -0.2) is 0 Å². The van der Waals surface area contributed by atoms with Crippen molar-refractivity contribution in [1.29, 1.82) is 0 Å². The van der Waals surface area contributed by atoms with Crippen molar-refractivity contribution in [2.75, 3.05) is 33.4 Å². The first kappa shape index (κ1) is 28.5. The third-order valence-corrected chi connectivity index (χ3v) is 6.34. The number of halogens is 1. The highest BCUT2D eigenvalue weighted by molar-refractivity contribution is 5.20. The van der Waals surface area contributed by atoms with E-state index in [0.29, 0.717) is 19.3 Å². The molecule has 0 heterocycles. The molecule has 2 aromatic rings. The molecule has 0 spiro atoms. The van der Waals surface area contributed by atoms with Gasteiger partial charge in [-0.2, -0.15) is 0 Å². The van der Waals surface area contributed by atoms with Gasteiger partial charge in [0.15, 0.2) is 0 Å². The van der Waals surface area contributed by atoms with Gasteiger partial charge in [-0.1, -0.05) is 81.6 Å². The van der Waals surface area contributed by atoms with Crippen molar-refractivity contribution in [3.8, 4) is 5.75 Å². The zero-order valence-electron chi connectivity index (χ0n) is 20.6. The number of unbranched alkanes of at least 4 members (excludes halogenated alkanes) is 2. The Morgan fingerprint density at radius 2 is 1.38 bits per heavy atom. The van der Waals surface area contributed by atoms with Crippen molar-refractivity contribution >= 4 is 0 Å². The maximum absolute atomic E-state index is 5.97. The Balaban J connectivity index is 0.00000512. The predicted molar refractivity (Wildman–Crippen MR) is 131 cm³/mol. The fourth-order valence-corrected chi connectivity index (χ4v) is 4.05. The SMILES string of the molecule is CC(C)CCCCCC(C)[N+](C)(CCOCCOc1ccccc1)Cc1ccccc1.[Cl-]. The molecular weight excluding hydrogens is 418 g/mol. The predicted octanol–water partition coefficient (Wildman–Crippen LogP) is 3.73. The molecule has 0 radical (unpaired) electrons. The molecule has 0 saturated heterocycles. The number of nitrogens with zero attached hydrogens (tertiary/aromatic N) is 1. The first-order chi connectivity index (χ1) is 15.0. The first-order valence-corrected chi connectivity index (χ1v) is 12.1. The fraction of sp³-hybridized carbons (Fsp3) is 0.571. The quantitative estimate of drug-likeness (QED) is 0.280. The molecule has 0 N–H and O–H groups in total. The molecule has 4 heteroatoms. The summed E-state index contributed by atoms with van der Waals surface area (Å²) in [4.78, 5) is 0. The maximum Gasteiger partial charge on any atom is 0.119 e. The van der Waals surface area contributed by atoms with E-state index in [-0.39, 0.29) is 12.4 Å². The minimum absolute atomic E-state index is 0. The van der Waals surface area contributed by atoms with E-state index in [4.69, 9.17) is 9.47 Å². The lowest BCUT2D eigenvalue weighted by Gasteiger charge is -2.40. The molecule has 0 saturated carbocycles. The number of ether oxygens (including phenoxy) is 2. The normalized spacial score (nSPS) is 13.9. The van der Waals surface area contributed by atoms with E-state index in [9.17, 15) is 0 Å². The highest BCUT2D eigenvalue weighted by Gasteiger charge is 2.29. The molecule has 0 fully saturated rings. The highest BCUT2D eigenvalue weighted by atomic mass is 35.5. The van der Waals surface area contributed by atoms with Crippen LogP contribution in [-0.2, 0) is 11.3 Å². The second kappa shape index (κ2) is 16.1. The maximum atomic E-state index is 5.97. The van der Waals surface area contributed by atoms with Gasteiger partial charge in [-0.15, -0.1) is 0 Å². The van der Waals surface area contributed by atoms with E-state index >= 15 is 0 Å². The molecule has 2 unspecified atom stereocenters. The first-order valence-electron chi connectivity index (χ1n) is 12.1. The van der Waals surface area contributed by atoms with Crippen LogP contribution in [-0.4, -0.2) is 43.9 Å². The van der Waals surface area contributed by atoms with Crippen LogP contribution in [0.3, 0.4) is 0 Å². The molecule has 3 nitrogen and oxygen atoms in total. The number of hydrogen-bond acceptors (Lipinski definition) is 2. The highest BCUT2D eigenvalue weighted by Crippen LogP contribution is 2.22. The largest absolute Gasteiger partial charge is 1.00 e. The summed E-state index contributed by atoms with van der Waals surface area (Å²) in [6.07, 6.45) is 6.66. The standard InChI is InChI=1S/C28H44NO2.ClH/c1-25(2)14-8-5-9-15-26(3)29(4,24-27-16-10-6-11-17-27)20-21-30-22-23-31-28-18-12-7-13-19-28;/h6-7,10-13,16-19,25-26H,5,8-9,14-15,20-24H2,1-4H3;1H/q+1;/p-1. The molecule has 2 atom stereocenters. The molecule has 0 aliphatic carbocycles. The fourth-order valence-electron chi connectivity index (χ4n) is 4.05. The van der Waals surface area contributed by atoms with Gasteiger partial charge in [0.2, 0.25) is 0 Å². The Morgan fingerprint density at radius 1 is 0.750 bits per heavy atom. The summed E-state index contributed by atoms with van der Waals surface area (Å²) >= 11 is 0. The summed E-state index contributed by atoms with van der Waals surface area (Å²) < 4.78 is 12.7. The molecule has 2 aromatic carbocycles. The minimum Gasteiger partial charge on any atom is -1.00 e. The topological polar surface area (TPSA) is 18.5 Å². The Kier molecular flexibility index (Phi) is 14.4. The Bertz CT molecular complexity index is 695. The summed E-state index contributed by atoms with van der Waals surface area (Å²) in [5, 5.41) is 0. The molecule has 32 heavy (non-hydrogen) atoms. The van der Waals surface area contributed by atoms with Gasteiger partial charge in [-0.05, 0) is 37.8 Å². The van der Waals surface area contributed by atoms with Gasteiger partial charge in [0, 0.05) is 5.56 Å². The molecule has 0 aromatic heterocycles. The number of likely N-dealkylation sites (N-methyl/N-ethyl adjacent to an activating group) is 1. The average Bonchev–Trinajstić information content (AvgIpc) is 2.77. The smallest absolute Gasteiger partial charge is 0.119 e. The van der Waals surface area contributed by atoms with Crippen LogP contribution in [0, 0.1) is 5.92 Å². The molecule has 0 amide bonds. The lowest BCUT2D eigenvalue weighted by atomic mass is 10.0. The molecule has 0 aliphatic heterocycles. The van der Waals surface area contributed by atoms with Crippen molar-refractivity contribution in [1.82, 2.24) is 0 Å². The lowest BCUT2D eigenvalue weighted by Crippen LogP contribution is -3.00. The Hall–Kier alpha value is -1.55. The van der Waals surface area contributed by atoms with Gasteiger partial charge < -0.3 is 26.4 Å². The van der Waals surface area contributed by atoms with Crippen LogP contribution in [0.1, 0.15) is 58.4 Å². The molecule has 2 rings (SSSR count). The monoisotopic (exact) mass is 461 g/mol. The second-order valence-corrected chi connectivity index (χ2v) is 9.50. The van der Waals surface area contributed by atoms with Gasteiger partial charge in [-0.3, -0.25) is 0 Å². The number of rotatable bonds is 16. The van der Waals surface area contributed by atoms with Crippen molar-refractivity contribution < 1.29 is 26.4 Å². The summed E-state index contributed by atoms with van der Waals surface area (Å²) in [6, 6.07) is 21.5.